The van der Waals surface area contributed by atoms with Crippen LogP contribution >= 0.6 is 15.9 Å². The third-order valence-electron chi connectivity index (χ3n) is 4.00. The number of piperazine rings is 1. The predicted molar refractivity (Wildman–Crippen MR) is 83.4 cm³/mol. The van der Waals surface area contributed by atoms with E-state index in [1.165, 1.54) is 0 Å². The Balaban J connectivity index is 1.95. The van der Waals surface area contributed by atoms with Gasteiger partial charge in [0.05, 0.1) is 6.07 Å². The third-order valence-corrected chi connectivity index (χ3v) is 4.49. The first-order valence-electron chi connectivity index (χ1n) is 6.78. The number of halogens is 1. The van der Waals surface area contributed by atoms with Crippen LogP contribution in [-0.4, -0.2) is 48.0 Å². The molecule has 1 aliphatic rings. The average molecular weight is 333 g/mol. The second-order valence-electron chi connectivity index (χ2n) is 5.30. The second-order valence-corrected chi connectivity index (χ2v) is 6.22. The van der Waals surface area contributed by atoms with Gasteiger partial charge in [0, 0.05) is 53.3 Å². The van der Waals surface area contributed by atoms with Crippen LogP contribution in [0.4, 0.5) is 0 Å². The SMILES string of the molecule is CN1CCN([C@H](C#N)c2c[nH]c3ccc(Br)cc23)CC1. The summed E-state index contributed by atoms with van der Waals surface area (Å²) in [5.41, 5.74) is 2.16. The molecule has 1 fully saturated rings. The third kappa shape index (κ3) is 2.47. The summed E-state index contributed by atoms with van der Waals surface area (Å²) in [5.74, 6) is 0. The molecule has 2 aromatic rings. The van der Waals surface area contributed by atoms with Crippen molar-refractivity contribution in [1.29, 1.82) is 5.26 Å². The fraction of sp³-hybridized carbons (Fsp3) is 0.400. The number of aromatic nitrogens is 1. The molecule has 0 saturated carbocycles. The summed E-state index contributed by atoms with van der Waals surface area (Å²) in [7, 11) is 2.13. The molecule has 0 aliphatic carbocycles. The fourth-order valence-electron chi connectivity index (χ4n) is 2.77. The molecule has 1 atom stereocenters. The van der Waals surface area contributed by atoms with Crippen molar-refractivity contribution in [1.82, 2.24) is 14.8 Å². The highest BCUT2D eigenvalue weighted by molar-refractivity contribution is 9.10. The van der Waals surface area contributed by atoms with Gasteiger partial charge in [-0.2, -0.15) is 5.26 Å². The quantitative estimate of drug-likeness (QED) is 0.919. The smallest absolute Gasteiger partial charge is 0.126 e. The second kappa shape index (κ2) is 5.57. The van der Waals surface area contributed by atoms with Crippen molar-refractivity contribution in [2.45, 2.75) is 6.04 Å². The number of hydrogen-bond acceptors (Lipinski definition) is 3. The average Bonchev–Trinajstić information content (AvgIpc) is 2.85. The van der Waals surface area contributed by atoms with Crippen LogP contribution in [0.5, 0.6) is 0 Å². The van der Waals surface area contributed by atoms with Crippen molar-refractivity contribution < 1.29 is 0 Å². The number of aromatic amines is 1. The Labute approximate surface area is 127 Å². The predicted octanol–water partition coefficient (Wildman–Crippen LogP) is 2.74. The molecule has 0 spiro atoms. The van der Waals surface area contributed by atoms with Crippen molar-refractivity contribution >= 4 is 26.8 Å². The molecule has 4 nitrogen and oxygen atoms in total. The van der Waals surface area contributed by atoms with Crippen LogP contribution in [0.15, 0.2) is 28.9 Å². The molecule has 0 amide bonds. The molecule has 0 radical (unpaired) electrons. The Hall–Kier alpha value is -1.35. The molecule has 5 heteroatoms. The van der Waals surface area contributed by atoms with E-state index in [2.05, 4.69) is 49.9 Å². The van der Waals surface area contributed by atoms with Gasteiger partial charge in [-0.15, -0.1) is 0 Å². The maximum Gasteiger partial charge on any atom is 0.126 e. The van der Waals surface area contributed by atoms with Gasteiger partial charge in [0.1, 0.15) is 6.04 Å². The van der Waals surface area contributed by atoms with E-state index in [0.29, 0.717) is 0 Å². The molecule has 20 heavy (non-hydrogen) atoms. The molecular formula is C15H17BrN4. The van der Waals surface area contributed by atoms with Crippen LogP contribution in [0.25, 0.3) is 10.9 Å². The molecule has 104 valence electrons. The van der Waals surface area contributed by atoms with Crippen molar-refractivity contribution in [3.8, 4) is 6.07 Å². The molecule has 1 N–H and O–H groups in total. The van der Waals surface area contributed by atoms with Crippen molar-refractivity contribution in [3.05, 3.63) is 34.4 Å². The molecule has 1 aliphatic heterocycles. The number of hydrogen-bond donors (Lipinski definition) is 1. The lowest BCUT2D eigenvalue weighted by atomic mass is 10.0. The summed E-state index contributed by atoms with van der Waals surface area (Å²) in [6.07, 6.45) is 1.98. The van der Waals surface area contributed by atoms with Crippen LogP contribution in [0.2, 0.25) is 0 Å². The largest absolute Gasteiger partial charge is 0.361 e. The number of likely N-dealkylation sites (N-methyl/N-ethyl adjacent to an activating group) is 1. The lowest BCUT2D eigenvalue weighted by Crippen LogP contribution is -2.45. The zero-order valence-corrected chi connectivity index (χ0v) is 13.0. The van der Waals surface area contributed by atoms with Crippen LogP contribution in [0.1, 0.15) is 11.6 Å². The van der Waals surface area contributed by atoms with Crippen molar-refractivity contribution in [2.75, 3.05) is 33.2 Å². The van der Waals surface area contributed by atoms with Crippen molar-refractivity contribution in [2.24, 2.45) is 0 Å². The number of fused-ring (bicyclic) bond motifs is 1. The van der Waals surface area contributed by atoms with E-state index < -0.39 is 0 Å². The van der Waals surface area contributed by atoms with E-state index in [0.717, 1.165) is 47.1 Å². The van der Waals surface area contributed by atoms with Gasteiger partial charge in [-0.25, -0.2) is 0 Å². The van der Waals surface area contributed by atoms with Crippen LogP contribution in [0.3, 0.4) is 0 Å². The zero-order valence-electron chi connectivity index (χ0n) is 11.4. The zero-order chi connectivity index (χ0) is 14.1. The Morgan fingerprint density at radius 1 is 1.30 bits per heavy atom. The minimum Gasteiger partial charge on any atom is -0.361 e. The van der Waals surface area contributed by atoms with Gasteiger partial charge >= 0.3 is 0 Å². The maximum absolute atomic E-state index is 9.61. The minimum absolute atomic E-state index is 0.174. The lowest BCUT2D eigenvalue weighted by Gasteiger charge is -2.35. The van der Waals surface area contributed by atoms with Gasteiger partial charge in [-0.1, -0.05) is 15.9 Å². The van der Waals surface area contributed by atoms with Gasteiger partial charge in [-0.3, -0.25) is 4.90 Å². The highest BCUT2D eigenvalue weighted by Gasteiger charge is 2.25. The van der Waals surface area contributed by atoms with Gasteiger partial charge in [0.2, 0.25) is 0 Å². The number of benzene rings is 1. The highest BCUT2D eigenvalue weighted by Crippen LogP contribution is 2.30. The first-order chi connectivity index (χ1) is 9.69. The van der Waals surface area contributed by atoms with Crippen LogP contribution < -0.4 is 0 Å². The normalized spacial score (nSPS) is 19.1. The Kier molecular flexibility index (Phi) is 3.79. The number of nitrogens with one attached hydrogen (secondary N) is 1. The fourth-order valence-corrected chi connectivity index (χ4v) is 3.13. The van der Waals surface area contributed by atoms with Crippen LogP contribution in [-0.2, 0) is 0 Å². The summed E-state index contributed by atoms with van der Waals surface area (Å²) in [6.45, 7) is 3.92. The lowest BCUT2D eigenvalue weighted by molar-refractivity contribution is 0.133. The topological polar surface area (TPSA) is 46.1 Å². The molecule has 1 aromatic carbocycles. The number of nitrogens with zero attached hydrogens (tertiary/aromatic N) is 3. The first-order valence-corrected chi connectivity index (χ1v) is 7.57. The number of H-pyrrole nitrogens is 1. The Morgan fingerprint density at radius 3 is 2.75 bits per heavy atom. The monoisotopic (exact) mass is 332 g/mol. The van der Waals surface area contributed by atoms with E-state index in [9.17, 15) is 5.26 Å². The molecule has 3 rings (SSSR count). The van der Waals surface area contributed by atoms with Gasteiger partial charge in [0.15, 0.2) is 0 Å². The summed E-state index contributed by atoms with van der Waals surface area (Å²) >= 11 is 3.51. The van der Waals surface area contributed by atoms with E-state index in [1.54, 1.807) is 0 Å². The summed E-state index contributed by atoms with van der Waals surface area (Å²) in [5, 5.41) is 10.7. The number of nitriles is 1. The van der Waals surface area contributed by atoms with E-state index in [4.69, 9.17) is 0 Å². The molecule has 0 unspecified atom stereocenters. The summed E-state index contributed by atoms with van der Waals surface area (Å²) < 4.78 is 1.04. The van der Waals surface area contributed by atoms with Gasteiger partial charge in [-0.05, 0) is 25.2 Å². The Morgan fingerprint density at radius 2 is 2.05 bits per heavy atom. The van der Waals surface area contributed by atoms with E-state index in [1.807, 2.05) is 18.3 Å². The van der Waals surface area contributed by atoms with Gasteiger partial charge < -0.3 is 9.88 Å². The van der Waals surface area contributed by atoms with Crippen molar-refractivity contribution in [3.63, 3.8) is 0 Å². The van der Waals surface area contributed by atoms with Crippen LogP contribution in [0, 0.1) is 11.3 Å². The van der Waals surface area contributed by atoms with Gasteiger partial charge in [0.25, 0.3) is 0 Å². The molecular weight excluding hydrogens is 316 g/mol. The van der Waals surface area contributed by atoms with E-state index in [-0.39, 0.29) is 6.04 Å². The molecule has 1 aromatic heterocycles. The molecule has 2 heterocycles. The first kappa shape index (κ1) is 13.6. The summed E-state index contributed by atoms with van der Waals surface area (Å²) in [4.78, 5) is 7.84. The number of rotatable bonds is 2. The highest BCUT2D eigenvalue weighted by atomic mass is 79.9. The molecule has 0 bridgehead atoms. The minimum atomic E-state index is -0.174. The standard InChI is InChI=1S/C15H17BrN4/c1-19-4-6-20(7-5-19)15(9-17)13-10-18-14-3-2-11(16)8-12(13)14/h2-3,8,10,15,18H,4-7H2,1H3/t15-/m1/s1. The van der Waals surface area contributed by atoms with E-state index >= 15 is 0 Å². The maximum atomic E-state index is 9.61. The summed E-state index contributed by atoms with van der Waals surface area (Å²) in [6, 6.07) is 8.44. The Bertz CT molecular complexity index is 649. The molecule has 1 saturated heterocycles.